The Morgan fingerprint density at radius 2 is 2.00 bits per heavy atom. The summed E-state index contributed by atoms with van der Waals surface area (Å²) in [7, 11) is 0. The van der Waals surface area contributed by atoms with Crippen LogP contribution in [0.3, 0.4) is 0 Å². The average molecular weight is 192 g/mol. The third-order valence-corrected chi connectivity index (χ3v) is 4.76. The summed E-state index contributed by atoms with van der Waals surface area (Å²) in [4.78, 5) is 0. The molecule has 2 saturated carbocycles. The fourth-order valence-electron chi connectivity index (χ4n) is 3.96. The van der Waals surface area contributed by atoms with Crippen LogP contribution in [-0.2, 0) is 0 Å². The van der Waals surface area contributed by atoms with E-state index in [2.05, 4.69) is 20.4 Å². The van der Waals surface area contributed by atoms with Crippen LogP contribution in [0.4, 0.5) is 0 Å². The Kier molecular flexibility index (Phi) is 2.99. The van der Waals surface area contributed by atoms with Gasteiger partial charge in [-0.2, -0.15) is 0 Å². The van der Waals surface area contributed by atoms with Crippen molar-refractivity contribution in [3.8, 4) is 0 Å². The predicted octanol–water partition coefficient (Wildman–Crippen LogP) is 4.42. The molecule has 14 heavy (non-hydrogen) atoms. The van der Waals surface area contributed by atoms with E-state index < -0.39 is 0 Å². The van der Waals surface area contributed by atoms with Crippen LogP contribution in [0.25, 0.3) is 0 Å². The zero-order valence-corrected chi connectivity index (χ0v) is 9.76. The maximum atomic E-state index is 4.28. The quantitative estimate of drug-likeness (QED) is 0.540. The summed E-state index contributed by atoms with van der Waals surface area (Å²) >= 11 is 0. The van der Waals surface area contributed by atoms with Crippen molar-refractivity contribution in [2.24, 2.45) is 23.7 Å². The first-order valence-electron chi connectivity index (χ1n) is 6.41. The van der Waals surface area contributed by atoms with E-state index in [9.17, 15) is 0 Å². The Morgan fingerprint density at radius 1 is 1.21 bits per heavy atom. The molecule has 0 aliphatic heterocycles. The SMILES string of the molecule is C=C1CCC2C(C)CCCC2C1CC. The van der Waals surface area contributed by atoms with E-state index in [0.29, 0.717) is 0 Å². The van der Waals surface area contributed by atoms with Crippen LogP contribution in [0.2, 0.25) is 0 Å². The molecule has 0 nitrogen and oxygen atoms in total. The molecule has 0 amide bonds. The zero-order chi connectivity index (χ0) is 10.1. The largest absolute Gasteiger partial charge is 0.0996 e. The molecule has 2 aliphatic rings. The summed E-state index contributed by atoms with van der Waals surface area (Å²) < 4.78 is 0. The van der Waals surface area contributed by atoms with Crippen molar-refractivity contribution in [3.63, 3.8) is 0 Å². The molecule has 0 radical (unpaired) electrons. The highest BCUT2D eigenvalue weighted by Crippen LogP contribution is 2.48. The smallest absolute Gasteiger partial charge is 0.0177 e. The Morgan fingerprint density at radius 3 is 2.71 bits per heavy atom. The number of hydrogen-bond acceptors (Lipinski definition) is 0. The minimum absolute atomic E-state index is 0.858. The predicted molar refractivity (Wildman–Crippen MR) is 62.2 cm³/mol. The van der Waals surface area contributed by atoms with Crippen LogP contribution in [0.1, 0.15) is 52.4 Å². The summed E-state index contributed by atoms with van der Waals surface area (Å²) in [5.74, 6) is 3.86. The van der Waals surface area contributed by atoms with E-state index in [-0.39, 0.29) is 0 Å². The molecule has 0 spiro atoms. The minimum Gasteiger partial charge on any atom is -0.0996 e. The lowest BCUT2D eigenvalue weighted by molar-refractivity contribution is 0.0902. The van der Waals surface area contributed by atoms with Gasteiger partial charge in [0.25, 0.3) is 0 Å². The molecular weight excluding hydrogens is 168 g/mol. The second-order valence-corrected chi connectivity index (χ2v) is 5.45. The fourth-order valence-corrected chi connectivity index (χ4v) is 3.96. The lowest BCUT2D eigenvalue weighted by Gasteiger charge is -2.45. The Bertz CT molecular complexity index is 216. The molecule has 0 bridgehead atoms. The maximum absolute atomic E-state index is 4.28. The highest BCUT2D eigenvalue weighted by Gasteiger charge is 2.38. The topological polar surface area (TPSA) is 0 Å². The lowest BCUT2D eigenvalue weighted by Crippen LogP contribution is -2.36. The van der Waals surface area contributed by atoms with Gasteiger partial charge in [-0.05, 0) is 49.4 Å². The Labute approximate surface area is 88.8 Å². The summed E-state index contributed by atoms with van der Waals surface area (Å²) in [5.41, 5.74) is 1.56. The molecule has 0 aromatic heterocycles. The first kappa shape index (κ1) is 10.3. The van der Waals surface area contributed by atoms with E-state index >= 15 is 0 Å². The minimum atomic E-state index is 0.858. The van der Waals surface area contributed by atoms with E-state index in [0.717, 1.165) is 23.7 Å². The van der Waals surface area contributed by atoms with Gasteiger partial charge in [-0.3, -0.25) is 0 Å². The van der Waals surface area contributed by atoms with Gasteiger partial charge in [-0.25, -0.2) is 0 Å². The zero-order valence-electron chi connectivity index (χ0n) is 9.76. The van der Waals surface area contributed by atoms with E-state index in [1.807, 2.05) is 0 Å². The first-order chi connectivity index (χ1) is 6.74. The molecular formula is C14H24. The van der Waals surface area contributed by atoms with Crippen LogP contribution >= 0.6 is 0 Å². The van der Waals surface area contributed by atoms with Crippen molar-refractivity contribution in [1.82, 2.24) is 0 Å². The summed E-state index contributed by atoms with van der Waals surface area (Å²) in [6.45, 7) is 9.10. The second kappa shape index (κ2) is 4.08. The van der Waals surface area contributed by atoms with Gasteiger partial charge in [-0.15, -0.1) is 0 Å². The second-order valence-electron chi connectivity index (χ2n) is 5.45. The Balaban J connectivity index is 2.13. The molecule has 80 valence electrons. The van der Waals surface area contributed by atoms with Gasteiger partial charge in [-0.1, -0.05) is 38.8 Å². The number of fused-ring (bicyclic) bond motifs is 1. The van der Waals surface area contributed by atoms with E-state index in [4.69, 9.17) is 0 Å². The van der Waals surface area contributed by atoms with Crippen LogP contribution in [0, 0.1) is 23.7 Å². The molecule has 0 aromatic rings. The summed E-state index contributed by atoms with van der Waals surface area (Å²) in [6.07, 6.45) is 8.49. The third kappa shape index (κ3) is 1.64. The fraction of sp³-hybridized carbons (Fsp3) is 0.857. The van der Waals surface area contributed by atoms with E-state index in [1.165, 1.54) is 38.5 Å². The van der Waals surface area contributed by atoms with Gasteiger partial charge in [0.15, 0.2) is 0 Å². The van der Waals surface area contributed by atoms with Crippen molar-refractivity contribution in [3.05, 3.63) is 12.2 Å². The molecule has 0 aromatic carbocycles. The number of allylic oxidation sites excluding steroid dienone is 1. The van der Waals surface area contributed by atoms with Gasteiger partial charge in [0.05, 0.1) is 0 Å². The maximum Gasteiger partial charge on any atom is -0.0177 e. The van der Waals surface area contributed by atoms with Crippen molar-refractivity contribution < 1.29 is 0 Å². The van der Waals surface area contributed by atoms with Crippen LogP contribution in [-0.4, -0.2) is 0 Å². The Hall–Kier alpha value is -0.260. The van der Waals surface area contributed by atoms with Crippen LogP contribution in [0.5, 0.6) is 0 Å². The first-order valence-corrected chi connectivity index (χ1v) is 6.41. The summed E-state index contributed by atoms with van der Waals surface area (Å²) in [6, 6.07) is 0. The molecule has 4 unspecified atom stereocenters. The normalized spacial score (nSPS) is 43.4. The lowest BCUT2D eigenvalue weighted by atomic mass is 9.60. The molecule has 0 N–H and O–H groups in total. The highest BCUT2D eigenvalue weighted by molar-refractivity contribution is 5.09. The van der Waals surface area contributed by atoms with Crippen LogP contribution in [0.15, 0.2) is 12.2 Å². The third-order valence-electron chi connectivity index (χ3n) is 4.76. The number of rotatable bonds is 1. The van der Waals surface area contributed by atoms with Gasteiger partial charge in [0, 0.05) is 0 Å². The number of hydrogen-bond donors (Lipinski definition) is 0. The van der Waals surface area contributed by atoms with Gasteiger partial charge in [0.2, 0.25) is 0 Å². The molecule has 4 atom stereocenters. The van der Waals surface area contributed by atoms with Crippen molar-refractivity contribution in [2.45, 2.75) is 52.4 Å². The molecule has 2 rings (SSSR count). The molecule has 0 heterocycles. The standard InChI is InChI=1S/C14H24/c1-4-12-11(3)8-9-13-10(2)6-5-7-14(12)13/h10,12-14H,3-9H2,1-2H3. The van der Waals surface area contributed by atoms with Crippen LogP contribution < -0.4 is 0 Å². The average Bonchev–Trinajstić information content (AvgIpc) is 2.18. The van der Waals surface area contributed by atoms with Crippen molar-refractivity contribution in [1.29, 1.82) is 0 Å². The van der Waals surface area contributed by atoms with Gasteiger partial charge < -0.3 is 0 Å². The molecule has 2 fully saturated rings. The van der Waals surface area contributed by atoms with E-state index in [1.54, 1.807) is 5.57 Å². The van der Waals surface area contributed by atoms with Gasteiger partial charge in [0.1, 0.15) is 0 Å². The monoisotopic (exact) mass is 192 g/mol. The summed E-state index contributed by atoms with van der Waals surface area (Å²) in [5, 5.41) is 0. The van der Waals surface area contributed by atoms with Crippen molar-refractivity contribution >= 4 is 0 Å². The molecule has 2 aliphatic carbocycles. The molecule has 0 saturated heterocycles. The molecule has 0 heteroatoms. The highest BCUT2D eigenvalue weighted by atomic mass is 14.4. The van der Waals surface area contributed by atoms with Gasteiger partial charge >= 0.3 is 0 Å². The van der Waals surface area contributed by atoms with Crippen molar-refractivity contribution in [2.75, 3.05) is 0 Å².